The Hall–Kier alpha value is -0.900. The molecule has 1 aromatic rings. The van der Waals surface area contributed by atoms with Crippen LogP contribution in [0.1, 0.15) is 0 Å². The van der Waals surface area contributed by atoms with Gasteiger partial charge in [0.15, 0.2) is 0 Å². The third-order valence-electron chi connectivity index (χ3n) is 1.06. The van der Waals surface area contributed by atoms with E-state index in [1.807, 2.05) is 0 Å². The summed E-state index contributed by atoms with van der Waals surface area (Å²) in [4.78, 5) is 3.66. The van der Waals surface area contributed by atoms with Gasteiger partial charge in [-0.05, 0) is 0 Å². The lowest BCUT2D eigenvalue weighted by Gasteiger charge is -2.03. The monoisotopic (exact) mass is 193 g/mol. The van der Waals surface area contributed by atoms with Crippen molar-refractivity contribution in [1.29, 1.82) is 0 Å². The Kier molecular flexibility index (Phi) is 3.22. The molecule has 1 rings (SSSR count). The third-order valence-corrected chi connectivity index (χ3v) is 1.26. The molecule has 0 fully saturated rings. The zero-order chi connectivity index (χ0) is 8.97. The van der Waals surface area contributed by atoms with E-state index in [4.69, 9.17) is 11.6 Å². The Morgan fingerprint density at radius 3 is 2.83 bits per heavy atom. The van der Waals surface area contributed by atoms with Gasteiger partial charge < -0.3 is 4.74 Å². The predicted molar refractivity (Wildman–Crippen MR) is 40.7 cm³/mol. The fourth-order valence-corrected chi connectivity index (χ4v) is 0.794. The minimum atomic E-state index is -2.48. The fraction of sp³-hybridized carbons (Fsp3) is 0.286. The van der Waals surface area contributed by atoms with E-state index in [2.05, 4.69) is 9.72 Å². The van der Waals surface area contributed by atoms with E-state index < -0.39 is 13.0 Å². The molecule has 0 aliphatic rings. The van der Waals surface area contributed by atoms with Crippen molar-refractivity contribution >= 4 is 11.6 Å². The SMILES string of the molecule is FC(F)COc1cncc(Cl)c1. The largest absolute Gasteiger partial charge is 0.486 e. The Morgan fingerprint density at radius 2 is 2.25 bits per heavy atom. The van der Waals surface area contributed by atoms with Crippen molar-refractivity contribution in [3.8, 4) is 5.75 Å². The second-order valence-electron chi connectivity index (χ2n) is 2.04. The number of halogens is 3. The summed E-state index contributed by atoms with van der Waals surface area (Å²) in [6, 6.07) is 1.43. The summed E-state index contributed by atoms with van der Waals surface area (Å²) in [7, 11) is 0. The highest BCUT2D eigenvalue weighted by Gasteiger charge is 2.03. The maximum absolute atomic E-state index is 11.6. The van der Waals surface area contributed by atoms with Crippen molar-refractivity contribution in [2.75, 3.05) is 6.61 Å². The van der Waals surface area contributed by atoms with E-state index in [1.54, 1.807) is 0 Å². The van der Waals surface area contributed by atoms with Gasteiger partial charge in [0.2, 0.25) is 0 Å². The van der Waals surface area contributed by atoms with Crippen molar-refractivity contribution < 1.29 is 13.5 Å². The number of rotatable bonds is 3. The molecule has 0 spiro atoms. The zero-order valence-corrected chi connectivity index (χ0v) is 6.76. The van der Waals surface area contributed by atoms with Crippen LogP contribution in [0.3, 0.4) is 0 Å². The number of aromatic nitrogens is 1. The highest BCUT2D eigenvalue weighted by molar-refractivity contribution is 6.30. The molecular weight excluding hydrogens is 188 g/mol. The molecule has 2 nitrogen and oxygen atoms in total. The van der Waals surface area contributed by atoms with Gasteiger partial charge in [-0.1, -0.05) is 11.6 Å². The normalized spacial score (nSPS) is 10.3. The van der Waals surface area contributed by atoms with Gasteiger partial charge >= 0.3 is 0 Å². The first-order valence-corrected chi connectivity index (χ1v) is 3.58. The summed E-state index contributed by atoms with van der Waals surface area (Å²) in [6.45, 7) is -0.637. The summed E-state index contributed by atoms with van der Waals surface area (Å²) >= 11 is 5.53. The van der Waals surface area contributed by atoms with E-state index in [0.717, 1.165) is 0 Å². The van der Waals surface area contributed by atoms with E-state index >= 15 is 0 Å². The van der Waals surface area contributed by atoms with E-state index in [1.165, 1.54) is 18.5 Å². The Bertz CT molecular complexity index is 257. The fourth-order valence-electron chi connectivity index (χ4n) is 0.631. The van der Waals surface area contributed by atoms with Gasteiger partial charge in [0.05, 0.1) is 11.2 Å². The molecule has 66 valence electrons. The van der Waals surface area contributed by atoms with E-state index in [0.29, 0.717) is 5.02 Å². The molecule has 0 bridgehead atoms. The molecule has 0 unspecified atom stereocenters. The molecule has 0 saturated carbocycles. The minimum Gasteiger partial charge on any atom is -0.486 e. The van der Waals surface area contributed by atoms with Gasteiger partial charge in [-0.15, -0.1) is 0 Å². The molecule has 1 heterocycles. The van der Waals surface area contributed by atoms with Crippen LogP contribution in [0, 0.1) is 0 Å². The van der Waals surface area contributed by atoms with Crippen LogP contribution in [-0.2, 0) is 0 Å². The molecular formula is C7H6ClF2NO. The van der Waals surface area contributed by atoms with Gasteiger partial charge in [-0.25, -0.2) is 8.78 Å². The quantitative estimate of drug-likeness (QED) is 0.735. The summed E-state index contributed by atoms with van der Waals surface area (Å²) in [5.74, 6) is 0.253. The molecule has 1 aromatic heterocycles. The summed E-state index contributed by atoms with van der Waals surface area (Å²) in [6.07, 6.45) is 0.245. The molecule has 0 saturated heterocycles. The summed E-state index contributed by atoms with van der Waals surface area (Å²) in [5.41, 5.74) is 0. The van der Waals surface area contributed by atoms with Crippen LogP contribution in [0.4, 0.5) is 8.78 Å². The maximum atomic E-state index is 11.6. The van der Waals surface area contributed by atoms with Crippen molar-refractivity contribution in [2.45, 2.75) is 6.43 Å². The molecule has 0 amide bonds. The highest BCUT2D eigenvalue weighted by atomic mass is 35.5. The van der Waals surface area contributed by atoms with Gasteiger partial charge in [0, 0.05) is 12.3 Å². The first-order valence-electron chi connectivity index (χ1n) is 3.20. The van der Waals surface area contributed by atoms with Gasteiger partial charge in [-0.2, -0.15) is 0 Å². The number of ether oxygens (including phenoxy) is 1. The molecule has 0 radical (unpaired) electrons. The molecule has 0 atom stereocenters. The summed E-state index contributed by atoms with van der Waals surface area (Å²) < 4.78 is 27.9. The number of hydrogen-bond donors (Lipinski definition) is 0. The molecule has 0 aliphatic heterocycles. The number of pyridine rings is 1. The standard InChI is InChI=1S/C7H6ClF2NO/c8-5-1-6(3-11-2-5)12-4-7(9)10/h1-3,7H,4H2. The number of alkyl halides is 2. The lowest BCUT2D eigenvalue weighted by molar-refractivity contribution is 0.0817. The molecule has 12 heavy (non-hydrogen) atoms. The zero-order valence-electron chi connectivity index (χ0n) is 6.01. The average Bonchev–Trinajstić information content (AvgIpc) is 2.01. The van der Waals surface area contributed by atoms with Crippen LogP contribution >= 0.6 is 11.6 Å². The number of nitrogens with zero attached hydrogens (tertiary/aromatic N) is 1. The average molecular weight is 194 g/mol. The first kappa shape index (κ1) is 9.19. The van der Waals surface area contributed by atoms with E-state index in [9.17, 15) is 8.78 Å². The highest BCUT2D eigenvalue weighted by Crippen LogP contribution is 2.15. The van der Waals surface area contributed by atoms with Crippen LogP contribution in [0.5, 0.6) is 5.75 Å². The molecule has 0 aliphatic carbocycles. The molecule has 0 aromatic carbocycles. The number of hydrogen-bond acceptors (Lipinski definition) is 2. The van der Waals surface area contributed by atoms with Crippen molar-refractivity contribution in [2.24, 2.45) is 0 Å². The minimum absolute atomic E-state index is 0.253. The maximum Gasteiger partial charge on any atom is 0.272 e. The van der Waals surface area contributed by atoms with Crippen molar-refractivity contribution in [1.82, 2.24) is 4.98 Å². The van der Waals surface area contributed by atoms with Crippen LogP contribution in [0.15, 0.2) is 18.5 Å². The summed E-state index contributed by atoms with van der Waals surface area (Å²) in [5, 5.41) is 0.363. The molecule has 5 heteroatoms. The predicted octanol–water partition coefficient (Wildman–Crippen LogP) is 2.38. The second kappa shape index (κ2) is 4.21. The van der Waals surface area contributed by atoms with Crippen LogP contribution in [0.2, 0.25) is 5.02 Å². The topological polar surface area (TPSA) is 22.1 Å². The van der Waals surface area contributed by atoms with Gasteiger partial charge in [-0.3, -0.25) is 4.98 Å². The van der Waals surface area contributed by atoms with Crippen LogP contribution in [0.25, 0.3) is 0 Å². The smallest absolute Gasteiger partial charge is 0.272 e. The Morgan fingerprint density at radius 1 is 1.50 bits per heavy atom. The van der Waals surface area contributed by atoms with Gasteiger partial charge in [0.25, 0.3) is 6.43 Å². The third kappa shape index (κ3) is 3.00. The second-order valence-corrected chi connectivity index (χ2v) is 2.48. The van der Waals surface area contributed by atoms with E-state index in [-0.39, 0.29) is 5.75 Å². The first-order chi connectivity index (χ1) is 5.68. The molecule has 0 N–H and O–H groups in total. The van der Waals surface area contributed by atoms with Crippen LogP contribution < -0.4 is 4.74 Å². The lowest BCUT2D eigenvalue weighted by Crippen LogP contribution is -2.06. The van der Waals surface area contributed by atoms with Crippen molar-refractivity contribution in [3.05, 3.63) is 23.5 Å². The van der Waals surface area contributed by atoms with Gasteiger partial charge in [0.1, 0.15) is 12.4 Å². The lowest BCUT2D eigenvalue weighted by atomic mass is 10.5. The van der Waals surface area contributed by atoms with Crippen LogP contribution in [-0.4, -0.2) is 18.0 Å². The van der Waals surface area contributed by atoms with Crippen molar-refractivity contribution in [3.63, 3.8) is 0 Å². The Balaban J connectivity index is 2.52. The Labute approximate surface area is 73.1 Å².